The van der Waals surface area contributed by atoms with E-state index in [9.17, 15) is 9.18 Å². The van der Waals surface area contributed by atoms with Gasteiger partial charge in [-0.05, 0) is 36.6 Å². The number of anilines is 1. The highest BCUT2D eigenvalue weighted by Crippen LogP contribution is 2.41. The fourth-order valence-electron chi connectivity index (χ4n) is 2.44. The molecule has 0 spiro atoms. The molecule has 3 nitrogen and oxygen atoms in total. The Balaban J connectivity index is 2.10. The van der Waals surface area contributed by atoms with Gasteiger partial charge in [0, 0.05) is 24.8 Å². The van der Waals surface area contributed by atoms with Crippen molar-refractivity contribution in [3.05, 3.63) is 42.0 Å². The van der Waals surface area contributed by atoms with Gasteiger partial charge in [0.25, 0.3) is 0 Å². The molecule has 0 radical (unpaired) electrons. The Hall–Kier alpha value is -0.980. The van der Waals surface area contributed by atoms with Crippen molar-refractivity contribution >= 4 is 30.1 Å². The van der Waals surface area contributed by atoms with Crippen LogP contribution in [0.5, 0.6) is 0 Å². The SMILES string of the molecule is C=CC(=O)N1CC[C@H](Nc2cc(C(F)(P)P)ccc2C)C1. The van der Waals surface area contributed by atoms with E-state index < -0.39 is 5.15 Å². The van der Waals surface area contributed by atoms with Crippen LogP contribution >= 0.6 is 18.5 Å². The number of amides is 1. The molecule has 1 saturated heterocycles. The Morgan fingerprint density at radius 3 is 2.90 bits per heavy atom. The Labute approximate surface area is 129 Å². The van der Waals surface area contributed by atoms with Crippen molar-refractivity contribution in [2.24, 2.45) is 0 Å². The van der Waals surface area contributed by atoms with E-state index in [0.29, 0.717) is 12.1 Å². The summed E-state index contributed by atoms with van der Waals surface area (Å²) in [6.07, 6.45) is 2.22. The second-order valence-corrected chi connectivity index (χ2v) is 7.76. The van der Waals surface area contributed by atoms with Crippen molar-refractivity contribution in [3.63, 3.8) is 0 Å². The fraction of sp³-hybridized carbons (Fsp3) is 0.400. The van der Waals surface area contributed by atoms with Gasteiger partial charge in [0.05, 0.1) is 0 Å². The number of hydrogen-bond acceptors (Lipinski definition) is 2. The number of carbonyl (C=O) groups excluding carboxylic acids is 1. The maximum Gasteiger partial charge on any atom is 0.246 e. The number of aryl methyl sites for hydroxylation is 1. The molecule has 2 rings (SSSR count). The standard InChI is InChI=1S/C15H21FN2OP2/c1-3-14(19)18-7-6-12(9-18)17-13-8-11(15(16,20)21)5-4-10(13)2/h3-5,8,12,17H,1,6-7,9,20-21H2,2H3/t12-/m0/s1. The van der Waals surface area contributed by atoms with Crippen molar-refractivity contribution in [1.29, 1.82) is 0 Å². The lowest BCUT2D eigenvalue weighted by atomic mass is 10.1. The molecule has 0 saturated carbocycles. The molecule has 21 heavy (non-hydrogen) atoms. The van der Waals surface area contributed by atoms with Crippen molar-refractivity contribution in [2.45, 2.75) is 24.5 Å². The predicted octanol–water partition coefficient (Wildman–Crippen LogP) is 3.02. The van der Waals surface area contributed by atoms with Crippen LogP contribution in [-0.2, 0) is 9.95 Å². The van der Waals surface area contributed by atoms with E-state index in [2.05, 4.69) is 30.4 Å². The molecule has 0 bridgehead atoms. The number of nitrogens with one attached hydrogen (secondary N) is 1. The Morgan fingerprint density at radius 1 is 1.57 bits per heavy atom. The highest BCUT2D eigenvalue weighted by Gasteiger charge is 2.26. The van der Waals surface area contributed by atoms with E-state index in [1.165, 1.54) is 6.08 Å². The largest absolute Gasteiger partial charge is 0.380 e. The van der Waals surface area contributed by atoms with Crippen LogP contribution < -0.4 is 5.32 Å². The van der Waals surface area contributed by atoms with Gasteiger partial charge in [0.15, 0.2) is 5.15 Å². The van der Waals surface area contributed by atoms with Crippen LogP contribution in [0.3, 0.4) is 0 Å². The maximum atomic E-state index is 14.0. The number of nitrogens with zero attached hydrogens (tertiary/aromatic N) is 1. The monoisotopic (exact) mass is 326 g/mol. The maximum absolute atomic E-state index is 14.0. The first-order valence-electron chi connectivity index (χ1n) is 6.87. The average Bonchev–Trinajstić information content (AvgIpc) is 2.87. The molecule has 1 fully saturated rings. The number of carbonyl (C=O) groups is 1. The zero-order valence-corrected chi connectivity index (χ0v) is 14.4. The lowest BCUT2D eigenvalue weighted by Crippen LogP contribution is -2.30. The van der Waals surface area contributed by atoms with Gasteiger partial charge in [-0.25, -0.2) is 4.39 Å². The molecule has 114 valence electrons. The minimum Gasteiger partial charge on any atom is -0.380 e. The van der Waals surface area contributed by atoms with E-state index >= 15 is 0 Å². The molecule has 1 N–H and O–H groups in total. The number of benzene rings is 1. The third kappa shape index (κ3) is 4.02. The van der Waals surface area contributed by atoms with E-state index in [4.69, 9.17) is 0 Å². The molecule has 1 amide bonds. The number of likely N-dealkylation sites (tertiary alicyclic amines) is 1. The van der Waals surface area contributed by atoms with E-state index in [0.717, 1.165) is 24.2 Å². The van der Waals surface area contributed by atoms with Crippen LogP contribution in [0.4, 0.5) is 10.1 Å². The molecule has 6 heteroatoms. The van der Waals surface area contributed by atoms with Crippen molar-refractivity contribution < 1.29 is 9.18 Å². The van der Waals surface area contributed by atoms with E-state index in [1.54, 1.807) is 11.0 Å². The molecule has 1 heterocycles. The molecule has 1 aliphatic rings. The second-order valence-electron chi connectivity index (χ2n) is 5.42. The normalized spacial score (nSPS) is 18.7. The minimum absolute atomic E-state index is 0.0394. The van der Waals surface area contributed by atoms with Crippen LogP contribution in [0.15, 0.2) is 30.9 Å². The van der Waals surface area contributed by atoms with Gasteiger partial charge >= 0.3 is 0 Å². The van der Waals surface area contributed by atoms with Gasteiger partial charge in [0.1, 0.15) is 0 Å². The van der Waals surface area contributed by atoms with Crippen LogP contribution in [-0.4, -0.2) is 29.9 Å². The number of rotatable bonds is 4. The summed E-state index contributed by atoms with van der Waals surface area (Å²) < 4.78 is 14.0. The number of alkyl halides is 1. The van der Waals surface area contributed by atoms with E-state index in [1.807, 2.05) is 19.1 Å². The van der Waals surface area contributed by atoms with Crippen molar-refractivity contribution in [2.75, 3.05) is 18.4 Å². The summed E-state index contributed by atoms with van der Waals surface area (Å²) in [7, 11) is 4.36. The highest BCUT2D eigenvalue weighted by molar-refractivity contribution is 7.38. The van der Waals surface area contributed by atoms with E-state index in [-0.39, 0.29) is 11.9 Å². The Morgan fingerprint density at radius 2 is 2.29 bits per heavy atom. The number of hydrogen-bond donors (Lipinski definition) is 1. The molecular formula is C15H21FN2OP2. The van der Waals surface area contributed by atoms with Gasteiger partial charge in [-0.3, -0.25) is 4.79 Å². The molecule has 3 atom stereocenters. The van der Waals surface area contributed by atoms with Crippen molar-refractivity contribution in [1.82, 2.24) is 4.90 Å². The first-order chi connectivity index (χ1) is 9.81. The molecule has 0 aliphatic carbocycles. The summed E-state index contributed by atoms with van der Waals surface area (Å²) in [5.41, 5.74) is 2.56. The quantitative estimate of drug-likeness (QED) is 0.681. The summed E-state index contributed by atoms with van der Waals surface area (Å²) in [6, 6.07) is 5.70. The average molecular weight is 326 g/mol. The third-order valence-corrected chi connectivity index (χ3v) is 4.38. The summed E-state index contributed by atoms with van der Waals surface area (Å²) >= 11 is 0. The van der Waals surface area contributed by atoms with Gasteiger partial charge in [0.2, 0.25) is 5.91 Å². The molecule has 1 aliphatic heterocycles. The highest BCUT2D eigenvalue weighted by atomic mass is 31.1. The second kappa shape index (κ2) is 6.42. The molecule has 1 aromatic carbocycles. The van der Waals surface area contributed by atoms with Gasteiger partial charge < -0.3 is 10.2 Å². The van der Waals surface area contributed by atoms with Gasteiger partial charge in [-0.1, -0.05) is 37.2 Å². The summed E-state index contributed by atoms with van der Waals surface area (Å²) in [5.74, 6) is -0.0394. The zero-order valence-electron chi connectivity index (χ0n) is 12.1. The van der Waals surface area contributed by atoms with Crippen LogP contribution in [0.25, 0.3) is 0 Å². The molecule has 1 aromatic rings. The smallest absolute Gasteiger partial charge is 0.246 e. The molecular weight excluding hydrogens is 305 g/mol. The lowest BCUT2D eigenvalue weighted by Gasteiger charge is -2.20. The Kier molecular flexibility index (Phi) is 5.01. The Bertz CT molecular complexity index is 557. The topological polar surface area (TPSA) is 32.3 Å². The minimum atomic E-state index is -1.52. The summed E-state index contributed by atoms with van der Waals surface area (Å²) in [6.45, 7) is 6.87. The summed E-state index contributed by atoms with van der Waals surface area (Å²) in [5, 5.41) is 1.89. The first-order valence-corrected chi connectivity index (χ1v) is 8.02. The van der Waals surface area contributed by atoms with Crippen LogP contribution in [0.1, 0.15) is 17.5 Å². The zero-order chi connectivity index (χ0) is 15.6. The van der Waals surface area contributed by atoms with Crippen LogP contribution in [0.2, 0.25) is 0 Å². The lowest BCUT2D eigenvalue weighted by molar-refractivity contribution is -0.125. The molecule has 0 aromatic heterocycles. The third-order valence-electron chi connectivity index (χ3n) is 3.71. The first kappa shape index (κ1) is 16.4. The fourth-order valence-corrected chi connectivity index (χ4v) is 2.80. The predicted molar refractivity (Wildman–Crippen MR) is 92.2 cm³/mol. The van der Waals surface area contributed by atoms with Gasteiger partial charge in [-0.15, -0.1) is 0 Å². The number of halogens is 1. The van der Waals surface area contributed by atoms with Crippen LogP contribution in [0, 0.1) is 6.92 Å². The summed E-state index contributed by atoms with van der Waals surface area (Å²) in [4.78, 5) is 13.4. The van der Waals surface area contributed by atoms with Crippen molar-refractivity contribution in [3.8, 4) is 0 Å². The van der Waals surface area contributed by atoms with Gasteiger partial charge in [-0.2, -0.15) is 0 Å². The molecule has 2 unspecified atom stereocenters.